The lowest BCUT2D eigenvalue weighted by Gasteiger charge is -2.08. The fourth-order valence-corrected chi connectivity index (χ4v) is 3.14. The zero-order valence-electron chi connectivity index (χ0n) is 10.7. The number of nitrogens with one attached hydrogen (secondary N) is 1. The van der Waals surface area contributed by atoms with E-state index in [0.717, 1.165) is 18.2 Å². The molecule has 110 valence electrons. The minimum atomic E-state index is -4.06. The minimum absolute atomic E-state index is 0.115. The van der Waals surface area contributed by atoms with Gasteiger partial charge in [0.2, 0.25) is 10.0 Å². The van der Waals surface area contributed by atoms with Crippen LogP contribution in [0.2, 0.25) is 5.02 Å². The molecule has 0 saturated carbocycles. The topological polar surface area (TPSA) is 63.2 Å². The van der Waals surface area contributed by atoms with Crippen molar-refractivity contribution in [2.45, 2.75) is 4.90 Å². The number of rotatable bonds is 5. The first-order valence-electron chi connectivity index (χ1n) is 5.93. The summed E-state index contributed by atoms with van der Waals surface area (Å²) >= 11 is 5.74. The van der Waals surface area contributed by atoms with Gasteiger partial charge in [0, 0.05) is 5.56 Å². The summed E-state index contributed by atoms with van der Waals surface area (Å²) in [6.07, 6.45) is 0. The van der Waals surface area contributed by atoms with Gasteiger partial charge >= 0.3 is 0 Å². The second-order valence-electron chi connectivity index (χ2n) is 4.19. The lowest BCUT2D eigenvalue weighted by molar-refractivity contribution is 0.0997. The molecule has 0 amide bonds. The van der Waals surface area contributed by atoms with E-state index < -0.39 is 33.1 Å². The van der Waals surface area contributed by atoms with Crippen LogP contribution in [0.1, 0.15) is 10.4 Å². The van der Waals surface area contributed by atoms with Crippen LogP contribution in [0.25, 0.3) is 0 Å². The highest BCUT2D eigenvalue weighted by atomic mass is 35.5. The van der Waals surface area contributed by atoms with Gasteiger partial charge in [0.1, 0.15) is 10.7 Å². The maximum Gasteiger partial charge on any atom is 0.242 e. The van der Waals surface area contributed by atoms with Crippen LogP contribution in [-0.2, 0) is 10.0 Å². The molecule has 7 heteroatoms. The van der Waals surface area contributed by atoms with E-state index in [1.165, 1.54) is 0 Å². The summed E-state index contributed by atoms with van der Waals surface area (Å²) in [7, 11) is -4.06. The van der Waals surface area contributed by atoms with E-state index in [2.05, 4.69) is 4.72 Å². The molecule has 0 aromatic heterocycles. The Bertz CT molecular complexity index is 763. The Morgan fingerprint density at radius 1 is 1.14 bits per heavy atom. The van der Waals surface area contributed by atoms with Gasteiger partial charge in [-0.05, 0) is 18.2 Å². The number of Topliss-reactive ketones (excluding diaryl/α,β-unsaturated/α-hetero) is 1. The standard InChI is InChI=1S/C14H11ClFNO3S/c15-12-7-6-11(16)8-14(12)21(19,20)17-9-13(18)10-4-2-1-3-5-10/h1-8,17H,9H2. The number of carbonyl (C=O) groups is 1. The molecule has 0 aliphatic carbocycles. The van der Waals surface area contributed by atoms with Gasteiger partial charge in [0.25, 0.3) is 0 Å². The third-order valence-corrected chi connectivity index (χ3v) is 4.58. The molecule has 0 saturated heterocycles. The van der Waals surface area contributed by atoms with Crippen molar-refractivity contribution < 1.29 is 17.6 Å². The fourth-order valence-electron chi connectivity index (χ4n) is 1.65. The number of ketones is 1. The maximum absolute atomic E-state index is 13.1. The smallest absolute Gasteiger partial charge is 0.242 e. The van der Waals surface area contributed by atoms with Crippen LogP contribution >= 0.6 is 11.6 Å². The van der Waals surface area contributed by atoms with E-state index in [1.807, 2.05) is 0 Å². The Morgan fingerprint density at radius 2 is 1.81 bits per heavy atom. The van der Waals surface area contributed by atoms with Gasteiger partial charge in [-0.15, -0.1) is 0 Å². The lowest BCUT2D eigenvalue weighted by atomic mass is 10.1. The first-order valence-corrected chi connectivity index (χ1v) is 7.79. The Hall–Kier alpha value is -1.76. The number of halogens is 2. The van der Waals surface area contributed by atoms with Gasteiger partial charge < -0.3 is 0 Å². The Balaban J connectivity index is 2.15. The molecule has 2 aromatic carbocycles. The second-order valence-corrected chi connectivity index (χ2v) is 6.33. The van der Waals surface area contributed by atoms with Gasteiger partial charge in [0.05, 0.1) is 11.6 Å². The van der Waals surface area contributed by atoms with Gasteiger partial charge in [0.15, 0.2) is 5.78 Å². The van der Waals surface area contributed by atoms with Crippen LogP contribution in [0, 0.1) is 5.82 Å². The number of carbonyl (C=O) groups excluding carboxylic acids is 1. The Morgan fingerprint density at radius 3 is 2.48 bits per heavy atom. The van der Waals surface area contributed by atoms with E-state index in [1.54, 1.807) is 30.3 Å². The van der Waals surface area contributed by atoms with Crippen LogP contribution in [0.3, 0.4) is 0 Å². The first kappa shape index (κ1) is 15.6. The Labute approximate surface area is 126 Å². The lowest BCUT2D eigenvalue weighted by Crippen LogP contribution is -2.30. The number of hydrogen-bond acceptors (Lipinski definition) is 3. The summed E-state index contributed by atoms with van der Waals surface area (Å²) in [6, 6.07) is 11.2. The molecule has 0 unspecified atom stereocenters. The first-order chi connectivity index (χ1) is 9.90. The average molecular weight is 328 g/mol. The second kappa shape index (κ2) is 6.34. The van der Waals surface area contributed by atoms with Crippen molar-refractivity contribution >= 4 is 27.4 Å². The van der Waals surface area contributed by atoms with Crippen molar-refractivity contribution in [2.75, 3.05) is 6.54 Å². The largest absolute Gasteiger partial charge is 0.293 e. The van der Waals surface area contributed by atoms with Crippen LogP contribution < -0.4 is 4.72 Å². The molecule has 21 heavy (non-hydrogen) atoms. The molecule has 0 spiro atoms. The molecule has 0 fully saturated rings. The van der Waals surface area contributed by atoms with Crippen molar-refractivity contribution in [3.05, 3.63) is 64.9 Å². The highest BCUT2D eigenvalue weighted by molar-refractivity contribution is 7.89. The molecule has 1 N–H and O–H groups in total. The predicted octanol–water partition coefficient (Wildman–Crippen LogP) is 2.64. The van der Waals surface area contributed by atoms with Crippen LogP contribution in [-0.4, -0.2) is 20.7 Å². The van der Waals surface area contributed by atoms with Gasteiger partial charge in [-0.25, -0.2) is 17.5 Å². The molecule has 4 nitrogen and oxygen atoms in total. The van der Waals surface area contributed by atoms with Crippen LogP contribution in [0.4, 0.5) is 4.39 Å². The van der Waals surface area contributed by atoms with Gasteiger partial charge in [-0.3, -0.25) is 4.79 Å². The Kier molecular flexibility index (Phi) is 4.72. The molecule has 0 aliphatic rings. The SMILES string of the molecule is O=C(CNS(=O)(=O)c1cc(F)ccc1Cl)c1ccccc1. The summed E-state index contributed by atoms with van der Waals surface area (Å²) in [5.74, 6) is -1.12. The minimum Gasteiger partial charge on any atom is -0.293 e. The van der Waals surface area contributed by atoms with Crippen LogP contribution in [0.15, 0.2) is 53.4 Å². The number of hydrogen-bond donors (Lipinski definition) is 1. The van der Waals surface area contributed by atoms with Crippen molar-refractivity contribution in [2.24, 2.45) is 0 Å². The average Bonchev–Trinajstić information content (AvgIpc) is 2.48. The van der Waals surface area contributed by atoms with Gasteiger partial charge in [-0.2, -0.15) is 0 Å². The van der Waals surface area contributed by atoms with E-state index in [0.29, 0.717) is 5.56 Å². The zero-order valence-corrected chi connectivity index (χ0v) is 12.3. The normalized spacial score (nSPS) is 11.3. The molecule has 2 aromatic rings. The van der Waals surface area contributed by atoms with Crippen molar-refractivity contribution in [3.63, 3.8) is 0 Å². The highest BCUT2D eigenvalue weighted by Gasteiger charge is 2.20. The molecule has 2 rings (SSSR count). The van der Waals surface area contributed by atoms with Crippen molar-refractivity contribution in [1.29, 1.82) is 0 Å². The highest BCUT2D eigenvalue weighted by Crippen LogP contribution is 2.21. The zero-order chi connectivity index (χ0) is 15.5. The monoisotopic (exact) mass is 327 g/mol. The summed E-state index contributed by atoms with van der Waals surface area (Å²) in [6.45, 7) is -0.431. The molecule has 0 heterocycles. The quantitative estimate of drug-likeness (QED) is 0.859. The van der Waals surface area contributed by atoms with E-state index in [4.69, 9.17) is 11.6 Å². The number of sulfonamides is 1. The third-order valence-electron chi connectivity index (χ3n) is 2.70. The van der Waals surface area contributed by atoms with E-state index in [-0.39, 0.29) is 5.02 Å². The van der Waals surface area contributed by atoms with Gasteiger partial charge in [-0.1, -0.05) is 41.9 Å². The maximum atomic E-state index is 13.1. The molecule has 0 atom stereocenters. The summed E-state index contributed by atoms with van der Waals surface area (Å²) in [4.78, 5) is 11.4. The van der Waals surface area contributed by atoms with Crippen molar-refractivity contribution in [3.8, 4) is 0 Å². The summed E-state index contributed by atoms with van der Waals surface area (Å²) in [5.41, 5.74) is 0.380. The van der Waals surface area contributed by atoms with Crippen LogP contribution in [0.5, 0.6) is 0 Å². The number of benzene rings is 2. The van der Waals surface area contributed by atoms with E-state index in [9.17, 15) is 17.6 Å². The molecule has 0 radical (unpaired) electrons. The molecular formula is C14H11ClFNO3S. The molecule has 0 bridgehead atoms. The predicted molar refractivity (Wildman–Crippen MR) is 77.4 cm³/mol. The summed E-state index contributed by atoms with van der Waals surface area (Å²) < 4.78 is 39.3. The fraction of sp³-hybridized carbons (Fsp3) is 0.0714. The molecule has 0 aliphatic heterocycles. The third kappa shape index (κ3) is 3.87. The summed E-state index contributed by atoms with van der Waals surface area (Å²) in [5, 5.41) is -0.115. The molecular weight excluding hydrogens is 317 g/mol. The van der Waals surface area contributed by atoms with Crippen molar-refractivity contribution in [1.82, 2.24) is 4.72 Å². The van der Waals surface area contributed by atoms with E-state index >= 15 is 0 Å².